The van der Waals surface area contributed by atoms with Gasteiger partial charge in [-0.05, 0) is 34.1 Å². The number of aliphatic carboxylic acids is 1. The van der Waals surface area contributed by atoms with Crippen molar-refractivity contribution in [2.75, 3.05) is 13.2 Å². The molecular weight excluding hydrogens is 408 g/mol. The van der Waals surface area contributed by atoms with Crippen LogP contribution in [0.3, 0.4) is 0 Å². The van der Waals surface area contributed by atoms with E-state index in [4.69, 9.17) is 4.74 Å². The highest BCUT2D eigenvalue weighted by Gasteiger charge is 2.29. The molecule has 7 nitrogen and oxygen atoms in total. The van der Waals surface area contributed by atoms with Gasteiger partial charge in [0.05, 0.1) is 0 Å². The number of nitrogens with one attached hydrogen (secondary N) is 2. The summed E-state index contributed by atoms with van der Waals surface area (Å²) in [6, 6.07) is 15.3. The predicted octanol–water partition coefficient (Wildman–Crippen LogP) is 3.78. The first-order valence-corrected chi connectivity index (χ1v) is 10.9. The molecule has 0 bridgehead atoms. The first-order valence-electron chi connectivity index (χ1n) is 10.9. The Morgan fingerprint density at radius 2 is 1.53 bits per heavy atom. The van der Waals surface area contributed by atoms with Gasteiger partial charge in [-0.25, -0.2) is 9.59 Å². The summed E-state index contributed by atoms with van der Waals surface area (Å²) in [7, 11) is 0. The van der Waals surface area contributed by atoms with Crippen molar-refractivity contribution < 1.29 is 24.2 Å². The summed E-state index contributed by atoms with van der Waals surface area (Å²) in [5.41, 5.74) is 4.62. The average Bonchev–Trinajstić information content (AvgIpc) is 3.08. The molecule has 2 aromatic carbocycles. The van der Waals surface area contributed by atoms with Crippen molar-refractivity contribution in [3.63, 3.8) is 0 Å². The number of hydrogen-bond donors (Lipinski definition) is 3. The van der Waals surface area contributed by atoms with Crippen LogP contribution in [0.5, 0.6) is 0 Å². The molecule has 2 atom stereocenters. The molecule has 0 radical (unpaired) electrons. The first-order chi connectivity index (χ1) is 15.3. The fraction of sp³-hybridized carbons (Fsp3) is 0.400. The Kier molecular flexibility index (Phi) is 7.51. The van der Waals surface area contributed by atoms with Crippen molar-refractivity contribution in [3.05, 3.63) is 59.7 Å². The van der Waals surface area contributed by atoms with Crippen molar-refractivity contribution in [1.82, 2.24) is 10.6 Å². The number of carboxylic acid groups (broad SMARTS) is 1. The van der Waals surface area contributed by atoms with Gasteiger partial charge in [0.15, 0.2) is 0 Å². The standard InChI is InChI=1S/C25H30N2O5/c1-15(2)23(24(29)30)27-22(28)12-16(3)13-26-25(31)32-14-21-19-10-6-4-8-17(19)18-9-5-7-11-20(18)21/h4-11,15-16,21,23H,12-14H2,1-3H3,(H,26,31)(H,27,28)(H,29,30). The van der Waals surface area contributed by atoms with Gasteiger partial charge in [-0.3, -0.25) is 4.79 Å². The number of carboxylic acids is 1. The topological polar surface area (TPSA) is 105 Å². The van der Waals surface area contributed by atoms with Crippen molar-refractivity contribution in [2.45, 2.75) is 39.2 Å². The van der Waals surface area contributed by atoms with Crippen LogP contribution in [0, 0.1) is 11.8 Å². The average molecular weight is 439 g/mol. The molecule has 0 heterocycles. The van der Waals surface area contributed by atoms with Gasteiger partial charge in [-0.1, -0.05) is 69.3 Å². The zero-order valence-corrected chi connectivity index (χ0v) is 18.6. The largest absolute Gasteiger partial charge is 0.480 e. The van der Waals surface area contributed by atoms with E-state index in [0.29, 0.717) is 0 Å². The number of hydrogen-bond acceptors (Lipinski definition) is 4. The van der Waals surface area contributed by atoms with E-state index in [2.05, 4.69) is 34.9 Å². The van der Waals surface area contributed by atoms with Crippen molar-refractivity contribution in [3.8, 4) is 11.1 Å². The molecule has 0 saturated carbocycles. The third kappa shape index (κ3) is 5.46. The maximum Gasteiger partial charge on any atom is 0.407 e. The van der Waals surface area contributed by atoms with Crippen molar-refractivity contribution in [2.24, 2.45) is 11.8 Å². The first kappa shape index (κ1) is 23.3. The summed E-state index contributed by atoms with van der Waals surface area (Å²) in [5, 5.41) is 14.4. The Hall–Kier alpha value is -3.35. The fourth-order valence-corrected chi connectivity index (χ4v) is 4.04. The number of rotatable bonds is 9. The highest BCUT2D eigenvalue weighted by Crippen LogP contribution is 2.44. The lowest BCUT2D eigenvalue weighted by Crippen LogP contribution is -2.45. The van der Waals surface area contributed by atoms with Gasteiger partial charge < -0.3 is 20.5 Å². The zero-order chi connectivity index (χ0) is 23.3. The molecule has 0 fully saturated rings. The van der Waals surface area contributed by atoms with Gasteiger partial charge in [0.2, 0.25) is 5.91 Å². The molecule has 0 saturated heterocycles. The Labute approximate surface area is 188 Å². The molecule has 0 aliphatic heterocycles. The number of amides is 2. The lowest BCUT2D eigenvalue weighted by molar-refractivity contribution is -0.143. The van der Waals surface area contributed by atoms with Crippen LogP contribution in [0.2, 0.25) is 0 Å². The van der Waals surface area contributed by atoms with E-state index in [9.17, 15) is 19.5 Å². The summed E-state index contributed by atoms with van der Waals surface area (Å²) in [6.45, 7) is 5.77. The minimum Gasteiger partial charge on any atom is -0.480 e. The molecule has 2 unspecified atom stereocenters. The van der Waals surface area contributed by atoms with E-state index in [-0.39, 0.29) is 43.2 Å². The molecule has 1 aliphatic carbocycles. The summed E-state index contributed by atoms with van der Waals surface area (Å²) in [4.78, 5) is 35.6. The second-order valence-electron chi connectivity index (χ2n) is 8.64. The third-order valence-corrected chi connectivity index (χ3v) is 5.72. The highest BCUT2D eigenvalue weighted by molar-refractivity contribution is 5.84. The van der Waals surface area contributed by atoms with Gasteiger partial charge in [0, 0.05) is 18.9 Å². The molecule has 2 amide bonds. The van der Waals surface area contributed by atoms with E-state index in [1.165, 1.54) is 0 Å². The fourth-order valence-electron chi connectivity index (χ4n) is 4.04. The van der Waals surface area contributed by atoms with Crippen LogP contribution < -0.4 is 10.6 Å². The maximum atomic E-state index is 12.3. The van der Waals surface area contributed by atoms with Crippen LogP contribution in [0.4, 0.5) is 4.79 Å². The Morgan fingerprint density at radius 3 is 2.06 bits per heavy atom. The van der Waals surface area contributed by atoms with Gasteiger partial charge in [-0.2, -0.15) is 0 Å². The minimum absolute atomic E-state index is 0.0136. The second-order valence-corrected chi connectivity index (χ2v) is 8.64. The SMILES string of the molecule is CC(CNC(=O)OCC1c2ccccc2-c2ccccc21)CC(=O)NC(C(=O)O)C(C)C. The molecule has 7 heteroatoms. The quantitative estimate of drug-likeness (QED) is 0.553. The van der Waals surface area contributed by atoms with Crippen LogP contribution in [-0.2, 0) is 14.3 Å². The number of benzene rings is 2. The molecule has 32 heavy (non-hydrogen) atoms. The molecule has 3 rings (SSSR count). The lowest BCUT2D eigenvalue weighted by Gasteiger charge is -2.19. The van der Waals surface area contributed by atoms with E-state index < -0.39 is 18.1 Å². The number of carbonyl (C=O) groups excluding carboxylic acids is 2. The molecule has 0 aromatic heterocycles. The van der Waals surface area contributed by atoms with Crippen LogP contribution in [0.25, 0.3) is 11.1 Å². The number of alkyl carbamates (subject to hydrolysis) is 1. The second kappa shape index (κ2) is 10.3. The number of fused-ring (bicyclic) bond motifs is 3. The zero-order valence-electron chi connectivity index (χ0n) is 18.6. The van der Waals surface area contributed by atoms with Gasteiger partial charge in [0.1, 0.15) is 12.6 Å². The van der Waals surface area contributed by atoms with Crippen molar-refractivity contribution in [1.29, 1.82) is 0 Å². The summed E-state index contributed by atoms with van der Waals surface area (Å²) in [5.74, 6) is -1.81. The predicted molar refractivity (Wildman–Crippen MR) is 121 cm³/mol. The summed E-state index contributed by atoms with van der Waals surface area (Å²) >= 11 is 0. The smallest absolute Gasteiger partial charge is 0.407 e. The molecule has 1 aliphatic rings. The molecule has 170 valence electrons. The number of ether oxygens (including phenoxy) is 1. The van der Waals surface area contributed by atoms with Crippen LogP contribution in [-0.4, -0.2) is 42.3 Å². The van der Waals surface area contributed by atoms with Crippen LogP contribution >= 0.6 is 0 Å². The Balaban J connectivity index is 1.48. The minimum atomic E-state index is -1.06. The van der Waals surface area contributed by atoms with Crippen LogP contribution in [0.15, 0.2) is 48.5 Å². The maximum absolute atomic E-state index is 12.3. The van der Waals surface area contributed by atoms with Gasteiger partial charge >= 0.3 is 12.1 Å². The van der Waals surface area contributed by atoms with E-state index in [0.717, 1.165) is 22.3 Å². The third-order valence-electron chi connectivity index (χ3n) is 5.72. The number of carbonyl (C=O) groups is 3. The lowest BCUT2D eigenvalue weighted by atomic mass is 9.98. The Bertz CT molecular complexity index is 942. The summed E-state index contributed by atoms with van der Waals surface area (Å²) in [6.07, 6.45) is -0.426. The molecule has 2 aromatic rings. The molecule has 3 N–H and O–H groups in total. The highest BCUT2D eigenvalue weighted by atomic mass is 16.5. The van der Waals surface area contributed by atoms with Crippen molar-refractivity contribution >= 4 is 18.0 Å². The monoisotopic (exact) mass is 438 g/mol. The van der Waals surface area contributed by atoms with Gasteiger partial charge in [0.25, 0.3) is 0 Å². The molecule has 0 spiro atoms. The normalized spacial score (nSPS) is 14.2. The van der Waals surface area contributed by atoms with E-state index in [1.54, 1.807) is 13.8 Å². The van der Waals surface area contributed by atoms with Crippen LogP contribution in [0.1, 0.15) is 44.2 Å². The summed E-state index contributed by atoms with van der Waals surface area (Å²) < 4.78 is 5.49. The van der Waals surface area contributed by atoms with E-state index >= 15 is 0 Å². The van der Waals surface area contributed by atoms with E-state index in [1.807, 2.05) is 31.2 Å². The van der Waals surface area contributed by atoms with Gasteiger partial charge in [-0.15, -0.1) is 0 Å². The Morgan fingerprint density at radius 1 is 0.969 bits per heavy atom. The molecular formula is C25H30N2O5.